The molecule has 3 rings (SSSR count). The molecule has 0 aromatic heterocycles. The number of ether oxygens (including phenoxy) is 1. The quantitative estimate of drug-likeness (QED) is 0.619. The highest BCUT2D eigenvalue weighted by Crippen LogP contribution is 2.31. The lowest BCUT2D eigenvalue weighted by molar-refractivity contribution is -0.384. The normalized spacial score (nSPS) is 20.9. The first-order chi connectivity index (χ1) is 10.5. The predicted molar refractivity (Wildman–Crippen MR) is 81.0 cm³/mol. The maximum atomic E-state index is 12.4. The number of carbonyl (C=O) groups excluding carboxylic acids is 1. The first-order valence-corrected chi connectivity index (χ1v) is 7.46. The zero-order valence-electron chi connectivity index (χ0n) is 12.5. The minimum Gasteiger partial charge on any atom is -0.375 e. The first-order valence-electron chi connectivity index (χ1n) is 7.46. The van der Waals surface area contributed by atoms with Crippen molar-refractivity contribution in [1.29, 1.82) is 0 Å². The number of non-ortho nitro benzene ring substituents is 1. The summed E-state index contributed by atoms with van der Waals surface area (Å²) in [6, 6.07) is 4.85. The van der Waals surface area contributed by atoms with Crippen LogP contribution in [0.4, 0.5) is 11.4 Å². The highest BCUT2D eigenvalue weighted by atomic mass is 16.6. The Balaban J connectivity index is 1.68. The Bertz CT molecular complexity index is 604. The van der Waals surface area contributed by atoms with E-state index >= 15 is 0 Å². The monoisotopic (exact) mass is 305 g/mol. The number of hydrogen-bond acceptors (Lipinski definition) is 5. The number of carbonyl (C=O) groups is 1. The summed E-state index contributed by atoms with van der Waals surface area (Å²) in [7, 11) is 0. The molecule has 1 unspecified atom stereocenters. The van der Waals surface area contributed by atoms with Crippen LogP contribution in [-0.2, 0) is 16.0 Å². The van der Waals surface area contributed by atoms with Gasteiger partial charge in [-0.15, -0.1) is 0 Å². The summed E-state index contributed by atoms with van der Waals surface area (Å²) in [5.74, 6) is 0.0846. The summed E-state index contributed by atoms with van der Waals surface area (Å²) in [5, 5.41) is 10.8. The van der Waals surface area contributed by atoms with Gasteiger partial charge < -0.3 is 14.5 Å². The van der Waals surface area contributed by atoms with E-state index in [-0.39, 0.29) is 22.6 Å². The van der Waals surface area contributed by atoms with Crippen LogP contribution in [0.15, 0.2) is 18.2 Å². The molecule has 22 heavy (non-hydrogen) atoms. The molecule has 7 nitrogen and oxygen atoms in total. The van der Waals surface area contributed by atoms with Gasteiger partial charge in [-0.1, -0.05) is 0 Å². The molecule has 1 atom stereocenters. The van der Waals surface area contributed by atoms with Gasteiger partial charge in [0, 0.05) is 37.5 Å². The van der Waals surface area contributed by atoms with Crippen LogP contribution in [0.1, 0.15) is 12.5 Å². The summed E-state index contributed by atoms with van der Waals surface area (Å²) in [6.07, 6.45) is 0.815. The fraction of sp³-hybridized carbons (Fsp3) is 0.533. The molecule has 0 radical (unpaired) electrons. The van der Waals surface area contributed by atoms with Crippen molar-refractivity contribution >= 4 is 17.3 Å². The van der Waals surface area contributed by atoms with Gasteiger partial charge in [0.1, 0.15) is 0 Å². The molecule has 0 bridgehead atoms. The Labute approximate surface area is 128 Å². The summed E-state index contributed by atoms with van der Waals surface area (Å²) in [6.45, 7) is 4.84. The summed E-state index contributed by atoms with van der Waals surface area (Å²) < 4.78 is 5.45. The molecular formula is C15H19N3O4. The van der Waals surface area contributed by atoms with Gasteiger partial charge in [0.2, 0.25) is 5.91 Å². The zero-order valence-corrected chi connectivity index (χ0v) is 12.5. The number of anilines is 1. The number of nitro benzene ring substituents is 1. The van der Waals surface area contributed by atoms with E-state index in [9.17, 15) is 14.9 Å². The number of rotatable bonds is 3. The second-order valence-electron chi connectivity index (χ2n) is 5.76. The first kappa shape index (κ1) is 14.8. The zero-order chi connectivity index (χ0) is 15.7. The minimum atomic E-state index is -0.386. The average Bonchev–Trinajstić information content (AvgIpc) is 2.89. The van der Waals surface area contributed by atoms with Crippen molar-refractivity contribution in [3.63, 3.8) is 0 Å². The summed E-state index contributed by atoms with van der Waals surface area (Å²) in [5.41, 5.74) is 1.98. The fourth-order valence-corrected chi connectivity index (χ4v) is 3.04. The van der Waals surface area contributed by atoms with Crippen molar-refractivity contribution in [3.8, 4) is 0 Å². The maximum Gasteiger partial charge on any atom is 0.269 e. The fourth-order valence-electron chi connectivity index (χ4n) is 3.04. The third kappa shape index (κ3) is 2.89. The van der Waals surface area contributed by atoms with E-state index in [0.29, 0.717) is 26.2 Å². The Kier molecular flexibility index (Phi) is 3.98. The van der Waals surface area contributed by atoms with Crippen LogP contribution in [0, 0.1) is 10.1 Å². The van der Waals surface area contributed by atoms with Gasteiger partial charge >= 0.3 is 0 Å². The van der Waals surface area contributed by atoms with Crippen LogP contribution in [0.25, 0.3) is 0 Å². The van der Waals surface area contributed by atoms with Crippen molar-refractivity contribution < 1.29 is 14.5 Å². The van der Waals surface area contributed by atoms with E-state index in [4.69, 9.17) is 4.74 Å². The average molecular weight is 305 g/mol. The van der Waals surface area contributed by atoms with Crippen LogP contribution in [0.3, 0.4) is 0 Å². The standard InChI is InChI=1S/C15H19N3O4/c1-11-9-17(6-7-22-11)15(19)10-16-5-4-12-8-13(18(20)21)2-3-14(12)16/h2-3,8,11H,4-7,9-10H2,1H3. The van der Waals surface area contributed by atoms with Gasteiger partial charge in [-0.2, -0.15) is 0 Å². The molecule has 1 fully saturated rings. The van der Waals surface area contributed by atoms with Crippen LogP contribution >= 0.6 is 0 Å². The van der Waals surface area contributed by atoms with Crippen LogP contribution < -0.4 is 4.90 Å². The molecule has 1 aromatic carbocycles. The van der Waals surface area contributed by atoms with E-state index in [0.717, 1.165) is 24.2 Å². The van der Waals surface area contributed by atoms with Gasteiger partial charge in [-0.3, -0.25) is 14.9 Å². The number of nitro groups is 1. The molecule has 1 saturated heterocycles. The molecule has 2 aliphatic heterocycles. The van der Waals surface area contributed by atoms with Crippen LogP contribution in [0.2, 0.25) is 0 Å². The molecule has 0 spiro atoms. The van der Waals surface area contributed by atoms with E-state index in [1.54, 1.807) is 12.1 Å². The highest BCUT2D eigenvalue weighted by Gasteiger charge is 2.27. The predicted octanol–water partition coefficient (Wildman–Crippen LogP) is 1.20. The van der Waals surface area contributed by atoms with Crippen LogP contribution in [0.5, 0.6) is 0 Å². The van der Waals surface area contributed by atoms with E-state index < -0.39 is 0 Å². The smallest absolute Gasteiger partial charge is 0.269 e. The Hall–Kier alpha value is -2.15. The number of fused-ring (bicyclic) bond motifs is 1. The van der Waals surface area contributed by atoms with Crippen molar-refractivity contribution in [2.45, 2.75) is 19.4 Å². The van der Waals surface area contributed by atoms with Gasteiger partial charge in [0.25, 0.3) is 5.69 Å². The second kappa shape index (κ2) is 5.92. The van der Waals surface area contributed by atoms with E-state index in [1.807, 2.05) is 16.7 Å². The lowest BCUT2D eigenvalue weighted by Crippen LogP contribution is -2.48. The van der Waals surface area contributed by atoms with Crippen molar-refractivity contribution in [3.05, 3.63) is 33.9 Å². The molecular weight excluding hydrogens is 286 g/mol. The van der Waals surface area contributed by atoms with E-state index in [2.05, 4.69) is 0 Å². The summed E-state index contributed by atoms with van der Waals surface area (Å²) in [4.78, 5) is 26.7. The molecule has 118 valence electrons. The van der Waals surface area contributed by atoms with Crippen LogP contribution in [-0.4, -0.2) is 54.6 Å². The SMILES string of the molecule is CC1CN(C(=O)CN2CCc3cc([N+](=O)[O-])ccc32)CCO1. The number of amides is 1. The lowest BCUT2D eigenvalue weighted by atomic mass is 10.1. The maximum absolute atomic E-state index is 12.4. The van der Waals surface area contributed by atoms with Gasteiger partial charge in [-0.25, -0.2) is 0 Å². The van der Waals surface area contributed by atoms with E-state index in [1.165, 1.54) is 6.07 Å². The Morgan fingerprint density at radius 3 is 3.00 bits per heavy atom. The number of morpholine rings is 1. The number of nitrogens with zero attached hydrogens (tertiary/aromatic N) is 3. The van der Waals surface area contributed by atoms with Gasteiger partial charge in [-0.05, 0) is 25.0 Å². The molecule has 1 amide bonds. The van der Waals surface area contributed by atoms with Gasteiger partial charge in [0.05, 0.1) is 24.2 Å². The molecule has 1 aromatic rings. The molecule has 7 heteroatoms. The number of benzene rings is 1. The van der Waals surface area contributed by atoms with Gasteiger partial charge in [0.15, 0.2) is 0 Å². The topological polar surface area (TPSA) is 75.9 Å². The third-order valence-electron chi connectivity index (χ3n) is 4.19. The molecule has 0 saturated carbocycles. The third-order valence-corrected chi connectivity index (χ3v) is 4.19. The number of hydrogen-bond donors (Lipinski definition) is 0. The second-order valence-corrected chi connectivity index (χ2v) is 5.76. The lowest BCUT2D eigenvalue weighted by Gasteiger charge is -2.32. The van der Waals surface area contributed by atoms with Crippen molar-refractivity contribution in [1.82, 2.24) is 4.90 Å². The minimum absolute atomic E-state index is 0.0752. The highest BCUT2D eigenvalue weighted by molar-refractivity contribution is 5.82. The molecule has 0 N–H and O–H groups in total. The van der Waals surface area contributed by atoms with Crippen molar-refractivity contribution in [2.75, 3.05) is 37.7 Å². The largest absolute Gasteiger partial charge is 0.375 e. The Morgan fingerprint density at radius 2 is 2.27 bits per heavy atom. The molecule has 2 aliphatic rings. The van der Waals surface area contributed by atoms with Crippen molar-refractivity contribution in [2.24, 2.45) is 0 Å². The molecule has 0 aliphatic carbocycles. The Morgan fingerprint density at radius 1 is 1.45 bits per heavy atom. The molecule has 2 heterocycles. The summed E-state index contributed by atoms with van der Waals surface area (Å²) >= 11 is 0.